The summed E-state index contributed by atoms with van der Waals surface area (Å²) in [5.74, 6) is 0.848. The molecule has 1 atom stereocenters. The minimum Gasteiger partial charge on any atom is -0.357 e. The van der Waals surface area contributed by atoms with Gasteiger partial charge in [-0.15, -0.1) is 0 Å². The molecule has 0 aliphatic carbocycles. The van der Waals surface area contributed by atoms with Crippen LogP contribution in [0.2, 0.25) is 0 Å². The van der Waals surface area contributed by atoms with Gasteiger partial charge in [0.25, 0.3) is 0 Å². The van der Waals surface area contributed by atoms with Crippen LogP contribution >= 0.6 is 0 Å². The van der Waals surface area contributed by atoms with Crippen molar-refractivity contribution < 1.29 is 4.39 Å². The molecule has 0 radical (unpaired) electrons. The van der Waals surface area contributed by atoms with Crippen LogP contribution in [0.1, 0.15) is 28.8 Å². The molecule has 0 bridgehead atoms. The molecule has 4 nitrogen and oxygen atoms in total. The minimum atomic E-state index is -0.184. The first-order chi connectivity index (χ1) is 15.7. The zero-order valence-corrected chi connectivity index (χ0v) is 20.3. The molecule has 0 amide bonds. The number of aromatic nitrogens is 1. The van der Waals surface area contributed by atoms with Crippen LogP contribution < -0.4 is 0 Å². The van der Waals surface area contributed by atoms with Crippen molar-refractivity contribution >= 4 is 10.9 Å². The van der Waals surface area contributed by atoms with Gasteiger partial charge in [0.05, 0.1) is 12.6 Å². The molecule has 0 saturated carbocycles. The maximum Gasteiger partial charge on any atom is 0.123 e. The highest BCUT2D eigenvalue weighted by molar-refractivity contribution is 5.85. The number of aromatic amines is 1. The lowest BCUT2D eigenvalue weighted by atomic mass is 9.96. The Bertz CT molecular complexity index is 1160. The molecule has 1 N–H and O–H groups in total. The minimum absolute atomic E-state index is 0.184. The van der Waals surface area contributed by atoms with E-state index in [1.165, 1.54) is 28.5 Å². The topological polar surface area (TPSA) is 25.5 Å². The molecule has 1 fully saturated rings. The monoisotopic (exact) mass is 446 g/mol. The van der Waals surface area contributed by atoms with Crippen molar-refractivity contribution in [2.75, 3.05) is 27.2 Å². The largest absolute Gasteiger partial charge is 0.357 e. The Morgan fingerprint density at radius 1 is 1.09 bits per heavy atom. The van der Waals surface area contributed by atoms with E-state index in [-0.39, 0.29) is 11.9 Å². The highest BCUT2D eigenvalue weighted by atomic mass is 19.1. The van der Waals surface area contributed by atoms with Gasteiger partial charge in [0, 0.05) is 35.3 Å². The average Bonchev–Trinajstić information content (AvgIpc) is 3.22. The number of nitrogens with zero attached hydrogens (tertiary/aromatic N) is 3. The van der Waals surface area contributed by atoms with Crippen molar-refractivity contribution in [1.29, 1.82) is 0 Å². The number of halogens is 1. The molecule has 2 aliphatic heterocycles. The predicted octanol–water partition coefficient (Wildman–Crippen LogP) is 5.59. The molecule has 5 heteroatoms. The molecular weight excluding hydrogens is 411 g/mol. The van der Waals surface area contributed by atoms with Crippen LogP contribution in [0.3, 0.4) is 0 Å². The quantitative estimate of drug-likeness (QED) is 0.566. The van der Waals surface area contributed by atoms with Gasteiger partial charge in [-0.25, -0.2) is 4.39 Å². The summed E-state index contributed by atoms with van der Waals surface area (Å²) >= 11 is 0. The second kappa shape index (κ2) is 9.44. The van der Waals surface area contributed by atoms with E-state index in [2.05, 4.69) is 85.0 Å². The maximum absolute atomic E-state index is 13.7. The molecule has 33 heavy (non-hydrogen) atoms. The van der Waals surface area contributed by atoms with Crippen LogP contribution in [-0.4, -0.2) is 52.9 Å². The average molecular weight is 447 g/mol. The summed E-state index contributed by atoms with van der Waals surface area (Å²) in [5, 5.41) is 0.999. The van der Waals surface area contributed by atoms with Crippen LogP contribution in [-0.2, 0) is 13.0 Å². The van der Waals surface area contributed by atoms with Gasteiger partial charge in [0.2, 0.25) is 0 Å². The fourth-order valence-corrected chi connectivity index (χ4v) is 4.92. The molecule has 0 spiro atoms. The van der Waals surface area contributed by atoms with E-state index in [1.807, 2.05) is 6.07 Å². The third kappa shape index (κ3) is 4.83. The number of hydrogen-bond acceptors (Lipinski definition) is 3. The van der Waals surface area contributed by atoms with Crippen molar-refractivity contribution in [2.45, 2.75) is 39.3 Å². The van der Waals surface area contributed by atoms with Gasteiger partial charge in [0.1, 0.15) is 11.6 Å². The van der Waals surface area contributed by atoms with Gasteiger partial charge < -0.3 is 19.7 Å². The van der Waals surface area contributed by atoms with Gasteiger partial charge in [-0.2, -0.15) is 0 Å². The molecule has 1 aromatic heterocycles. The molecule has 174 valence electrons. The van der Waals surface area contributed by atoms with E-state index >= 15 is 0 Å². The Morgan fingerprint density at radius 3 is 2.45 bits per heavy atom. The molecule has 3 aromatic rings. The second-order valence-electron chi connectivity index (χ2n) is 9.49. The maximum atomic E-state index is 13.7. The summed E-state index contributed by atoms with van der Waals surface area (Å²) in [5.41, 5.74) is 7.18. The fraction of sp³-hybridized carbons (Fsp3) is 0.357. The number of nitrogens with one attached hydrogen (secondary N) is 1. The zero-order valence-electron chi connectivity index (χ0n) is 20.3. The molecule has 1 saturated heterocycles. The first-order valence-corrected chi connectivity index (χ1v) is 11.6. The summed E-state index contributed by atoms with van der Waals surface area (Å²) in [6.45, 7) is 15.6. The van der Waals surface area contributed by atoms with E-state index in [0.717, 1.165) is 54.9 Å². The number of benzene rings is 2. The Morgan fingerprint density at radius 2 is 1.82 bits per heavy atom. The summed E-state index contributed by atoms with van der Waals surface area (Å²) in [6.07, 6.45) is 1.92. The van der Waals surface area contributed by atoms with Crippen LogP contribution in [0.25, 0.3) is 10.9 Å². The van der Waals surface area contributed by atoms with Crippen LogP contribution in [0.15, 0.2) is 67.1 Å². The first kappa shape index (κ1) is 23.1. The third-order valence-corrected chi connectivity index (χ3v) is 6.59. The third-order valence-electron chi connectivity index (χ3n) is 6.59. The fourth-order valence-electron chi connectivity index (χ4n) is 4.92. The SMILES string of the molecule is C=C1[C@@H]2Cc3c([nH]c4ccc(F)cc34)CN2C(=C)N1CCCN(C)C.Cc1cccc(C)c1. The highest BCUT2D eigenvalue weighted by Gasteiger charge is 2.40. The van der Waals surface area contributed by atoms with Crippen molar-refractivity contribution in [1.82, 2.24) is 19.7 Å². The molecule has 3 heterocycles. The van der Waals surface area contributed by atoms with E-state index in [4.69, 9.17) is 0 Å². The number of aryl methyl sites for hydroxylation is 2. The van der Waals surface area contributed by atoms with Crippen LogP contribution in [0.5, 0.6) is 0 Å². The first-order valence-electron chi connectivity index (χ1n) is 11.6. The molecule has 5 rings (SSSR count). The summed E-state index contributed by atoms with van der Waals surface area (Å²) in [7, 11) is 4.18. The smallest absolute Gasteiger partial charge is 0.123 e. The molecule has 2 aliphatic rings. The van der Waals surface area contributed by atoms with Crippen molar-refractivity contribution in [3.05, 3.63) is 95.3 Å². The normalized spacial score (nSPS) is 17.3. The van der Waals surface area contributed by atoms with E-state index in [1.54, 1.807) is 6.07 Å². The van der Waals surface area contributed by atoms with Crippen LogP contribution in [0, 0.1) is 19.7 Å². The number of fused-ring (bicyclic) bond motifs is 4. The molecule has 0 unspecified atom stereocenters. The lowest BCUT2D eigenvalue weighted by Crippen LogP contribution is -2.34. The number of H-pyrrole nitrogens is 1. The lowest BCUT2D eigenvalue weighted by molar-refractivity contribution is 0.268. The van der Waals surface area contributed by atoms with Gasteiger partial charge in [-0.1, -0.05) is 48.6 Å². The lowest BCUT2D eigenvalue weighted by Gasteiger charge is -2.30. The van der Waals surface area contributed by atoms with E-state index in [0.29, 0.717) is 0 Å². The van der Waals surface area contributed by atoms with Gasteiger partial charge >= 0.3 is 0 Å². The van der Waals surface area contributed by atoms with Crippen molar-refractivity contribution in [3.63, 3.8) is 0 Å². The Kier molecular flexibility index (Phi) is 6.61. The number of hydrogen-bond donors (Lipinski definition) is 1. The van der Waals surface area contributed by atoms with Crippen molar-refractivity contribution in [2.24, 2.45) is 0 Å². The Balaban J connectivity index is 0.000000275. The predicted molar refractivity (Wildman–Crippen MR) is 135 cm³/mol. The Labute approximate surface area is 197 Å². The summed E-state index contributed by atoms with van der Waals surface area (Å²) < 4.78 is 13.7. The Hall–Kier alpha value is -3.05. The van der Waals surface area contributed by atoms with Gasteiger partial charge in [-0.3, -0.25) is 0 Å². The number of rotatable bonds is 4. The highest BCUT2D eigenvalue weighted by Crippen LogP contribution is 2.40. The summed E-state index contributed by atoms with van der Waals surface area (Å²) in [4.78, 5) is 10.2. The zero-order chi connectivity index (χ0) is 23.7. The van der Waals surface area contributed by atoms with Gasteiger partial charge in [-0.05, 0) is 64.7 Å². The molecule has 2 aromatic carbocycles. The molecular formula is C28H35FN4. The van der Waals surface area contributed by atoms with Crippen LogP contribution in [0.4, 0.5) is 4.39 Å². The summed E-state index contributed by atoms with van der Waals surface area (Å²) in [6, 6.07) is 13.6. The van der Waals surface area contributed by atoms with Crippen molar-refractivity contribution in [3.8, 4) is 0 Å². The van der Waals surface area contributed by atoms with E-state index in [9.17, 15) is 4.39 Å². The second-order valence-corrected chi connectivity index (χ2v) is 9.49. The van der Waals surface area contributed by atoms with Gasteiger partial charge in [0.15, 0.2) is 0 Å². The van der Waals surface area contributed by atoms with E-state index < -0.39 is 0 Å². The standard InChI is InChI=1S/C20H25FN4.C8H10/c1-13-20-11-17-16-10-15(21)6-7-18(16)22-19(17)12-25(20)14(2)24(13)9-5-8-23(3)4;1-7-4-3-5-8(2)6-7/h6-7,10,20,22H,1-2,5,8-9,11-12H2,3-4H3;3-6H,1-2H3/t20-;/m0./s1.